The number of amides is 1. The largest absolute Gasteiger partial charge is 0.458 e. The average molecular weight is 337 g/mol. The minimum Gasteiger partial charge on any atom is -0.458 e. The smallest absolute Gasteiger partial charge is 0.409 e. The minimum atomic E-state index is -0.462. The van der Waals surface area contributed by atoms with E-state index in [2.05, 4.69) is 0 Å². The van der Waals surface area contributed by atoms with Crippen molar-refractivity contribution in [1.82, 2.24) is 4.90 Å². The first kappa shape index (κ1) is 17.6. The Kier molecular flexibility index (Phi) is 4.12. The van der Waals surface area contributed by atoms with Crippen LogP contribution in [0.15, 0.2) is 0 Å². The molecular formula is C19H31NO4. The van der Waals surface area contributed by atoms with Gasteiger partial charge in [-0.15, -0.1) is 0 Å². The van der Waals surface area contributed by atoms with E-state index in [1.165, 1.54) is 11.3 Å². The fourth-order valence-electron chi connectivity index (χ4n) is 5.09. The standard InChI is InChI=1S/C19H31NO4/c1-6-17(2,3)15(21)23-18-8-13-7-14(9-18)11-19(10-13,12-18)24-16(22)20(4)5/h13-14H,6-12H2,1-5H3. The number of carbonyl (C=O) groups excluding carboxylic acids is 2. The van der Waals surface area contributed by atoms with Gasteiger partial charge in [0.15, 0.2) is 0 Å². The highest BCUT2D eigenvalue weighted by atomic mass is 16.6. The Morgan fingerprint density at radius 2 is 1.54 bits per heavy atom. The van der Waals surface area contributed by atoms with Crippen LogP contribution >= 0.6 is 0 Å². The Labute approximate surface area is 145 Å². The lowest BCUT2D eigenvalue weighted by Crippen LogP contribution is -2.62. The zero-order chi connectivity index (χ0) is 17.8. The zero-order valence-corrected chi connectivity index (χ0v) is 15.7. The van der Waals surface area contributed by atoms with Crippen LogP contribution in [0.4, 0.5) is 4.79 Å². The molecule has 24 heavy (non-hydrogen) atoms. The van der Waals surface area contributed by atoms with E-state index in [9.17, 15) is 9.59 Å². The van der Waals surface area contributed by atoms with Crippen molar-refractivity contribution in [2.75, 3.05) is 14.1 Å². The van der Waals surface area contributed by atoms with Gasteiger partial charge in [0, 0.05) is 20.5 Å². The zero-order valence-electron chi connectivity index (χ0n) is 15.7. The van der Waals surface area contributed by atoms with Crippen LogP contribution in [0.25, 0.3) is 0 Å². The highest BCUT2D eigenvalue weighted by Crippen LogP contribution is 2.60. The molecule has 5 nitrogen and oxygen atoms in total. The molecule has 4 aliphatic carbocycles. The lowest BCUT2D eigenvalue weighted by atomic mass is 9.52. The van der Waals surface area contributed by atoms with Crippen LogP contribution in [0.1, 0.15) is 65.7 Å². The number of rotatable bonds is 4. The van der Waals surface area contributed by atoms with Gasteiger partial charge in [0.05, 0.1) is 5.41 Å². The van der Waals surface area contributed by atoms with Crippen molar-refractivity contribution in [1.29, 1.82) is 0 Å². The molecule has 5 heteroatoms. The number of nitrogens with zero attached hydrogens (tertiary/aromatic N) is 1. The number of carbonyl (C=O) groups is 2. The maximum atomic E-state index is 12.7. The van der Waals surface area contributed by atoms with Crippen LogP contribution in [-0.4, -0.2) is 42.3 Å². The second-order valence-electron chi connectivity index (χ2n) is 9.22. The molecule has 0 aliphatic heterocycles. The van der Waals surface area contributed by atoms with Gasteiger partial charge in [-0.1, -0.05) is 6.92 Å². The third kappa shape index (κ3) is 3.02. The van der Waals surface area contributed by atoms with Gasteiger partial charge >= 0.3 is 12.1 Å². The normalized spacial score (nSPS) is 37.2. The number of ether oxygens (including phenoxy) is 2. The monoisotopic (exact) mass is 337 g/mol. The van der Waals surface area contributed by atoms with Gasteiger partial charge in [-0.25, -0.2) is 4.79 Å². The van der Waals surface area contributed by atoms with Crippen molar-refractivity contribution in [3.05, 3.63) is 0 Å². The van der Waals surface area contributed by atoms with Crippen molar-refractivity contribution < 1.29 is 19.1 Å². The summed E-state index contributed by atoms with van der Waals surface area (Å²) in [5, 5.41) is 0. The second kappa shape index (κ2) is 5.63. The van der Waals surface area contributed by atoms with E-state index < -0.39 is 16.6 Å². The molecule has 0 N–H and O–H groups in total. The van der Waals surface area contributed by atoms with Gasteiger partial charge in [-0.05, 0) is 64.2 Å². The molecule has 0 aromatic carbocycles. The van der Waals surface area contributed by atoms with E-state index in [1.54, 1.807) is 14.1 Å². The number of hydrogen-bond donors (Lipinski definition) is 0. The molecule has 0 spiro atoms. The third-order valence-electron chi connectivity index (χ3n) is 6.37. The molecule has 136 valence electrons. The summed E-state index contributed by atoms with van der Waals surface area (Å²) >= 11 is 0. The molecule has 4 aliphatic rings. The van der Waals surface area contributed by atoms with Crippen LogP contribution in [0.3, 0.4) is 0 Å². The maximum absolute atomic E-state index is 12.7. The molecule has 0 aromatic heterocycles. The molecule has 4 saturated carbocycles. The van der Waals surface area contributed by atoms with Crippen LogP contribution < -0.4 is 0 Å². The first-order chi connectivity index (χ1) is 11.1. The van der Waals surface area contributed by atoms with Gasteiger partial charge in [0.2, 0.25) is 0 Å². The molecule has 0 saturated heterocycles. The molecule has 4 rings (SSSR count). The maximum Gasteiger partial charge on any atom is 0.409 e. The summed E-state index contributed by atoms with van der Waals surface area (Å²) in [4.78, 5) is 26.3. The average Bonchev–Trinajstić information content (AvgIpc) is 2.44. The Bertz CT molecular complexity index is 525. The summed E-state index contributed by atoms with van der Waals surface area (Å²) in [6, 6.07) is 0. The summed E-state index contributed by atoms with van der Waals surface area (Å²) in [6.07, 6.45) is 6.00. The fraction of sp³-hybridized carbons (Fsp3) is 0.895. The Hall–Kier alpha value is -1.26. The van der Waals surface area contributed by atoms with Crippen molar-refractivity contribution in [3.63, 3.8) is 0 Å². The summed E-state index contributed by atoms with van der Waals surface area (Å²) in [6.45, 7) is 5.90. The molecule has 2 unspecified atom stereocenters. The first-order valence-corrected chi connectivity index (χ1v) is 9.22. The summed E-state index contributed by atoms with van der Waals surface area (Å²) < 4.78 is 12.1. The molecular weight excluding hydrogens is 306 g/mol. The summed E-state index contributed by atoms with van der Waals surface area (Å²) in [7, 11) is 3.42. The molecule has 4 fully saturated rings. The van der Waals surface area contributed by atoms with Crippen molar-refractivity contribution in [2.24, 2.45) is 17.3 Å². The van der Waals surface area contributed by atoms with E-state index in [1.807, 2.05) is 20.8 Å². The van der Waals surface area contributed by atoms with Crippen LogP contribution in [-0.2, 0) is 14.3 Å². The molecule has 4 bridgehead atoms. The SMILES string of the molecule is CCC(C)(C)C(=O)OC12CC3CC(CC(OC(=O)N(C)C)(C3)C1)C2. The lowest BCUT2D eigenvalue weighted by Gasteiger charge is -2.60. The molecule has 0 radical (unpaired) electrons. The van der Waals surface area contributed by atoms with Gasteiger partial charge in [-0.3, -0.25) is 4.79 Å². The quantitative estimate of drug-likeness (QED) is 0.733. The Balaban J connectivity index is 1.80. The highest BCUT2D eigenvalue weighted by Gasteiger charge is 2.62. The van der Waals surface area contributed by atoms with Crippen LogP contribution in [0, 0.1) is 17.3 Å². The fourth-order valence-corrected chi connectivity index (χ4v) is 5.09. The van der Waals surface area contributed by atoms with E-state index >= 15 is 0 Å². The predicted molar refractivity (Wildman–Crippen MR) is 90.5 cm³/mol. The van der Waals surface area contributed by atoms with Crippen molar-refractivity contribution in [3.8, 4) is 0 Å². The Morgan fingerprint density at radius 1 is 1.04 bits per heavy atom. The minimum absolute atomic E-state index is 0.110. The number of esters is 1. The lowest BCUT2D eigenvalue weighted by molar-refractivity contribution is -0.226. The van der Waals surface area contributed by atoms with Gasteiger partial charge in [-0.2, -0.15) is 0 Å². The van der Waals surface area contributed by atoms with E-state index in [0.29, 0.717) is 18.3 Å². The number of hydrogen-bond acceptors (Lipinski definition) is 4. The topological polar surface area (TPSA) is 55.8 Å². The summed E-state index contributed by atoms with van der Waals surface area (Å²) in [5.74, 6) is 0.888. The molecule has 2 atom stereocenters. The second-order valence-corrected chi connectivity index (χ2v) is 9.22. The van der Waals surface area contributed by atoms with Crippen LogP contribution in [0.2, 0.25) is 0 Å². The predicted octanol–water partition coefficient (Wildman–Crippen LogP) is 3.76. The first-order valence-electron chi connectivity index (χ1n) is 9.22. The van der Waals surface area contributed by atoms with E-state index in [-0.39, 0.29) is 12.1 Å². The van der Waals surface area contributed by atoms with E-state index in [0.717, 1.165) is 32.1 Å². The van der Waals surface area contributed by atoms with Crippen molar-refractivity contribution >= 4 is 12.1 Å². The van der Waals surface area contributed by atoms with Crippen molar-refractivity contribution in [2.45, 2.75) is 76.9 Å². The highest BCUT2D eigenvalue weighted by molar-refractivity contribution is 5.76. The molecule has 0 aromatic rings. The van der Waals surface area contributed by atoms with Crippen LogP contribution in [0.5, 0.6) is 0 Å². The summed E-state index contributed by atoms with van der Waals surface area (Å²) in [5.41, 5.74) is -1.33. The third-order valence-corrected chi connectivity index (χ3v) is 6.37. The van der Waals surface area contributed by atoms with Gasteiger partial charge in [0.25, 0.3) is 0 Å². The Morgan fingerprint density at radius 3 is 2.00 bits per heavy atom. The van der Waals surface area contributed by atoms with Gasteiger partial charge in [0.1, 0.15) is 11.2 Å². The van der Waals surface area contributed by atoms with Gasteiger partial charge < -0.3 is 14.4 Å². The molecule has 0 heterocycles. The molecule has 1 amide bonds. The van der Waals surface area contributed by atoms with E-state index in [4.69, 9.17) is 9.47 Å².